The Balaban J connectivity index is 1.64. The molecule has 2 amide bonds. The summed E-state index contributed by atoms with van der Waals surface area (Å²) in [5, 5.41) is 8.89. The van der Waals surface area contributed by atoms with E-state index in [0.717, 1.165) is 42.6 Å². The van der Waals surface area contributed by atoms with E-state index in [1.807, 2.05) is 23.1 Å². The molecule has 1 fully saturated rings. The summed E-state index contributed by atoms with van der Waals surface area (Å²) in [7, 11) is 0. The van der Waals surface area contributed by atoms with Crippen molar-refractivity contribution in [1.29, 1.82) is 0 Å². The van der Waals surface area contributed by atoms with Gasteiger partial charge in [0.2, 0.25) is 5.91 Å². The predicted octanol–water partition coefficient (Wildman–Crippen LogP) is 3.33. The molecule has 4 rings (SSSR count). The van der Waals surface area contributed by atoms with Crippen molar-refractivity contribution in [2.24, 2.45) is 5.41 Å². The van der Waals surface area contributed by atoms with Gasteiger partial charge in [-0.25, -0.2) is 5.48 Å². The number of rotatable bonds is 2. The number of fused-ring (bicyclic) bond motifs is 1. The summed E-state index contributed by atoms with van der Waals surface area (Å²) in [6.07, 6.45) is 3.15. The Morgan fingerprint density at radius 1 is 1.11 bits per heavy atom. The van der Waals surface area contributed by atoms with Gasteiger partial charge < -0.3 is 4.90 Å². The van der Waals surface area contributed by atoms with E-state index in [4.69, 9.17) is 5.21 Å². The van der Waals surface area contributed by atoms with Crippen molar-refractivity contribution in [3.63, 3.8) is 0 Å². The minimum Gasteiger partial charge on any atom is -0.312 e. The summed E-state index contributed by atoms with van der Waals surface area (Å²) >= 11 is 0. The molecule has 27 heavy (non-hydrogen) atoms. The quantitative estimate of drug-likeness (QED) is 0.634. The average Bonchev–Trinajstić information content (AvgIpc) is 2.96. The van der Waals surface area contributed by atoms with Crippen LogP contribution >= 0.6 is 0 Å². The highest BCUT2D eigenvalue weighted by Gasteiger charge is 2.48. The monoisotopic (exact) mass is 364 g/mol. The fourth-order valence-electron chi connectivity index (χ4n) is 4.62. The van der Waals surface area contributed by atoms with Crippen molar-refractivity contribution in [2.45, 2.75) is 39.5 Å². The van der Waals surface area contributed by atoms with Crippen LogP contribution in [0.5, 0.6) is 0 Å². The Labute approximate surface area is 159 Å². The molecule has 0 unspecified atom stereocenters. The van der Waals surface area contributed by atoms with Crippen LogP contribution in [0.1, 0.15) is 45.5 Å². The minimum absolute atomic E-state index is 0.192. The Hall–Kier alpha value is -2.66. The second kappa shape index (κ2) is 6.50. The van der Waals surface area contributed by atoms with Crippen molar-refractivity contribution in [1.82, 2.24) is 5.48 Å². The Morgan fingerprint density at radius 2 is 1.93 bits per heavy atom. The van der Waals surface area contributed by atoms with E-state index in [0.29, 0.717) is 12.0 Å². The normalized spacial score (nSPS) is 21.4. The maximum atomic E-state index is 13.4. The molecule has 0 saturated carbocycles. The smallest absolute Gasteiger partial charge is 0.274 e. The molecule has 2 aromatic rings. The second-order valence-electron chi connectivity index (χ2n) is 7.88. The highest BCUT2D eigenvalue weighted by molar-refractivity contribution is 6.01. The van der Waals surface area contributed by atoms with Gasteiger partial charge in [0.15, 0.2) is 0 Å². The van der Waals surface area contributed by atoms with Crippen molar-refractivity contribution in [3.8, 4) is 0 Å². The SMILES string of the molecule is Cc1ccc(N2CC[C@@]3(CCc4ccc(C(=O)NO)cc4C3)C2=O)c(C)c1. The van der Waals surface area contributed by atoms with Crippen LogP contribution in [0.25, 0.3) is 0 Å². The molecule has 0 bridgehead atoms. The van der Waals surface area contributed by atoms with Crippen LogP contribution in [0, 0.1) is 19.3 Å². The Morgan fingerprint density at radius 3 is 2.67 bits per heavy atom. The van der Waals surface area contributed by atoms with Crippen molar-refractivity contribution in [2.75, 3.05) is 11.4 Å². The zero-order valence-electron chi connectivity index (χ0n) is 15.7. The van der Waals surface area contributed by atoms with Crippen molar-refractivity contribution < 1.29 is 14.8 Å². The van der Waals surface area contributed by atoms with Gasteiger partial charge in [-0.1, -0.05) is 23.8 Å². The third kappa shape index (κ3) is 2.92. The zero-order valence-corrected chi connectivity index (χ0v) is 15.7. The van der Waals surface area contributed by atoms with Crippen LogP contribution in [0.4, 0.5) is 5.69 Å². The van der Waals surface area contributed by atoms with Gasteiger partial charge in [-0.15, -0.1) is 0 Å². The fraction of sp³-hybridized carbons (Fsp3) is 0.364. The standard InChI is InChI=1S/C22H24N2O3/c1-14-3-6-19(15(2)11-14)24-10-9-22(21(24)26)8-7-16-4-5-17(20(25)23-27)12-18(16)13-22/h3-6,11-12,27H,7-10,13H2,1-2H3,(H,23,25)/t22-/m1/s1. The molecular formula is C22H24N2O3. The molecule has 0 aromatic heterocycles. The Kier molecular flexibility index (Phi) is 4.27. The first kappa shape index (κ1) is 17.7. The minimum atomic E-state index is -0.521. The number of amides is 2. The number of anilines is 1. The van der Waals surface area contributed by atoms with Gasteiger partial charge in [0.25, 0.3) is 5.91 Å². The van der Waals surface area contributed by atoms with E-state index in [-0.39, 0.29) is 5.91 Å². The summed E-state index contributed by atoms with van der Waals surface area (Å²) < 4.78 is 0. The number of nitrogens with one attached hydrogen (secondary N) is 1. The van der Waals surface area contributed by atoms with Crippen molar-refractivity contribution in [3.05, 3.63) is 64.2 Å². The summed E-state index contributed by atoms with van der Waals surface area (Å²) in [5.41, 5.74) is 7.26. The lowest BCUT2D eigenvalue weighted by atomic mass is 9.70. The highest BCUT2D eigenvalue weighted by Crippen LogP contribution is 2.45. The number of hydroxylamine groups is 1. The average molecular weight is 364 g/mol. The van der Waals surface area contributed by atoms with Gasteiger partial charge in [-0.3, -0.25) is 14.8 Å². The zero-order chi connectivity index (χ0) is 19.2. The number of benzene rings is 2. The van der Waals surface area contributed by atoms with Crippen molar-refractivity contribution >= 4 is 17.5 Å². The first-order valence-electron chi connectivity index (χ1n) is 9.39. The number of hydrogen-bond acceptors (Lipinski definition) is 3. The van der Waals surface area contributed by atoms with Gasteiger partial charge in [0.1, 0.15) is 0 Å². The fourth-order valence-corrected chi connectivity index (χ4v) is 4.62. The molecule has 2 aliphatic rings. The molecular weight excluding hydrogens is 340 g/mol. The molecule has 1 spiro atoms. The predicted molar refractivity (Wildman–Crippen MR) is 103 cm³/mol. The second-order valence-corrected chi connectivity index (χ2v) is 7.88. The van der Waals surface area contributed by atoms with Crippen LogP contribution in [-0.4, -0.2) is 23.6 Å². The van der Waals surface area contributed by atoms with E-state index in [9.17, 15) is 9.59 Å². The van der Waals surface area contributed by atoms with Crippen LogP contribution in [0.15, 0.2) is 36.4 Å². The van der Waals surface area contributed by atoms with Gasteiger partial charge in [0, 0.05) is 17.8 Å². The maximum absolute atomic E-state index is 13.4. The molecule has 2 aromatic carbocycles. The third-order valence-corrected chi connectivity index (χ3v) is 6.13. The van der Waals surface area contributed by atoms with E-state index in [1.165, 1.54) is 11.1 Å². The molecule has 140 valence electrons. The summed E-state index contributed by atoms with van der Waals surface area (Å²) in [4.78, 5) is 27.1. The van der Waals surface area contributed by atoms with E-state index < -0.39 is 11.3 Å². The third-order valence-electron chi connectivity index (χ3n) is 6.13. The Bertz CT molecular complexity index is 937. The van der Waals surface area contributed by atoms with E-state index in [2.05, 4.69) is 26.0 Å². The van der Waals surface area contributed by atoms with Gasteiger partial charge in [0.05, 0.1) is 5.41 Å². The van der Waals surface area contributed by atoms with E-state index >= 15 is 0 Å². The number of nitrogens with zero attached hydrogens (tertiary/aromatic N) is 1. The van der Waals surface area contributed by atoms with Gasteiger partial charge in [-0.2, -0.15) is 0 Å². The van der Waals surface area contributed by atoms with Crippen LogP contribution in [0.2, 0.25) is 0 Å². The molecule has 1 saturated heterocycles. The number of hydrogen-bond donors (Lipinski definition) is 2. The van der Waals surface area contributed by atoms with Gasteiger partial charge >= 0.3 is 0 Å². The summed E-state index contributed by atoms with van der Waals surface area (Å²) in [6, 6.07) is 11.7. The topological polar surface area (TPSA) is 69.6 Å². The first-order valence-corrected chi connectivity index (χ1v) is 9.39. The summed E-state index contributed by atoms with van der Waals surface area (Å²) in [6.45, 7) is 4.84. The number of carbonyl (C=O) groups is 2. The molecule has 0 radical (unpaired) electrons. The summed E-state index contributed by atoms with van der Waals surface area (Å²) in [5.74, 6) is -0.329. The molecule has 1 heterocycles. The van der Waals surface area contributed by atoms with E-state index in [1.54, 1.807) is 11.5 Å². The molecule has 1 aliphatic heterocycles. The van der Waals surface area contributed by atoms with Crippen LogP contribution in [0.3, 0.4) is 0 Å². The number of carbonyl (C=O) groups excluding carboxylic acids is 2. The maximum Gasteiger partial charge on any atom is 0.274 e. The lowest BCUT2D eigenvalue weighted by molar-refractivity contribution is -0.126. The molecule has 2 N–H and O–H groups in total. The van der Waals surface area contributed by atoms with Crippen LogP contribution < -0.4 is 10.4 Å². The van der Waals surface area contributed by atoms with Gasteiger partial charge in [-0.05, 0) is 74.4 Å². The molecule has 1 atom stereocenters. The molecule has 5 heteroatoms. The highest BCUT2D eigenvalue weighted by atomic mass is 16.5. The first-order chi connectivity index (χ1) is 12.9. The molecule has 5 nitrogen and oxygen atoms in total. The molecule has 1 aliphatic carbocycles. The van der Waals surface area contributed by atoms with Crippen LogP contribution in [-0.2, 0) is 17.6 Å². The largest absolute Gasteiger partial charge is 0.312 e. The lowest BCUT2D eigenvalue weighted by Gasteiger charge is -2.33. The lowest BCUT2D eigenvalue weighted by Crippen LogP contribution is -2.39. The number of aryl methyl sites for hydroxylation is 3.